The molecule has 0 N–H and O–H groups in total. The number of hydrogen-bond donors (Lipinski definition) is 0. The van der Waals surface area contributed by atoms with Gasteiger partial charge < -0.3 is 9.47 Å². The largest absolute Gasteiger partial charge is 0.465 e. The average molecular weight is 292 g/mol. The maximum absolute atomic E-state index is 5.83. The topological polar surface area (TPSA) is 18.5 Å². The molecule has 2 unspecified atom stereocenters. The predicted molar refractivity (Wildman–Crippen MR) is 89.8 cm³/mol. The molecule has 0 aromatic heterocycles. The van der Waals surface area contributed by atoms with Gasteiger partial charge in [0.1, 0.15) is 5.75 Å². The fraction of sp³-hybridized carbons (Fsp3) is 0.684. The van der Waals surface area contributed by atoms with Crippen molar-refractivity contribution in [1.82, 2.24) is 0 Å². The van der Waals surface area contributed by atoms with Crippen LogP contribution in [0.25, 0.3) is 0 Å². The summed E-state index contributed by atoms with van der Waals surface area (Å²) in [6.07, 6.45) is 0.972. The first-order chi connectivity index (χ1) is 9.73. The first-order valence-electron chi connectivity index (χ1n) is 8.11. The molecule has 0 radical (unpaired) electrons. The third kappa shape index (κ3) is 6.52. The Hall–Kier alpha value is -1.02. The molecule has 2 nitrogen and oxygen atoms in total. The predicted octanol–water partition coefficient (Wildman–Crippen LogP) is 5.62. The van der Waals surface area contributed by atoms with Gasteiger partial charge in [-0.05, 0) is 55.2 Å². The summed E-state index contributed by atoms with van der Waals surface area (Å²) >= 11 is 0. The van der Waals surface area contributed by atoms with Crippen LogP contribution < -0.4 is 4.74 Å². The van der Waals surface area contributed by atoms with Crippen LogP contribution in [0, 0.1) is 11.3 Å². The van der Waals surface area contributed by atoms with Gasteiger partial charge in [-0.3, -0.25) is 0 Å². The minimum absolute atomic E-state index is 0.203. The van der Waals surface area contributed by atoms with Gasteiger partial charge in [0.15, 0.2) is 6.29 Å². The number of rotatable bonds is 7. The van der Waals surface area contributed by atoms with Gasteiger partial charge in [0.05, 0.1) is 0 Å². The monoisotopic (exact) mass is 292 g/mol. The molecule has 1 aromatic carbocycles. The molecule has 0 aliphatic rings. The minimum atomic E-state index is -0.203. The average Bonchev–Trinajstić information content (AvgIpc) is 2.35. The smallest absolute Gasteiger partial charge is 0.196 e. The van der Waals surface area contributed by atoms with E-state index in [1.807, 2.05) is 19.9 Å². The molecule has 120 valence electrons. The van der Waals surface area contributed by atoms with Crippen molar-refractivity contribution in [3.8, 4) is 5.75 Å². The molecule has 0 saturated heterocycles. The summed E-state index contributed by atoms with van der Waals surface area (Å²) in [7, 11) is 0. The molecule has 0 aliphatic heterocycles. The Kier molecular flexibility index (Phi) is 6.73. The van der Waals surface area contributed by atoms with E-state index in [0.29, 0.717) is 23.9 Å². The summed E-state index contributed by atoms with van der Waals surface area (Å²) < 4.78 is 11.3. The maximum Gasteiger partial charge on any atom is 0.196 e. The molecule has 2 atom stereocenters. The standard InChI is InChI=1S/C19H32O2/c1-8-20-15(4)21-17-11-9-10-16(12-17)18(14(2)3)13-19(5,6)7/h9-12,14-15,18H,8,13H2,1-7H3. The third-order valence-electron chi connectivity index (χ3n) is 3.63. The van der Waals surface area contributed by atoms with Crippen LogP contribution in [0.5, 0.6) is 5.75 Å². The molecule has 0 amide bonds. The van der Waals surface area contributed by atoms with Crippen molar-refractivity contribution in [2.75, 3.05) is 6.61 Å². The van der Waals surface area contributed by atoms with Crippen LogP contribution in [0.1, 0.15) is 66.4 Å². The minimum Gasteiger partial charge on any atom is -0.465 e. The van der Waals surface area contributed by atoms with E-state index < -0.39 is 0 Å². The Bertz CT molecular complexity index is 418. The lowest BCUT2D eigenvalue weighted by atomic mass is 9.76. The molecule has 0 saturated carbocycles. The summed E-state index contributed by atoms with van der Waals surface area (Å²) in [6, 6.07) is 8.48. The van der Waals surface area contributed by atoms with Crippen LogP contribution in [0.15, 0.2) is 24.3 Å². The van der Waals surface area contributed by atoms with Crippen LogP contribution in [-0.2, 0) is 4.74 Å². The summed E-state index contributed by atoms with van der Waals surface area (Å²) in [5.74, 6) is 2.06. The number of ether oxygens (including phenoxy) is 2. The van der Waals surface area contributed by atoms with Crippen LogP contribution in [0.4, 0.5) is 0 Å². The van der Waals surface area contributed by atoms with Crippen molar-refractivity contribution < 1.29 is 9.47 Å². The zero-order chi connectivity index (χ0) is 16.0. The Morgan fingerprint density at radius 1 is 1.10 bits per heavy atom. The maximum atomic E-state index is 5.83. The zero-order valence-corrected chi connectivity index (χ0v) is 14.8. The molecule has 0 fully saturated rings. The second-order valence-corrected chi connectivity index (χ2v) is 7.33. The fourth-order valence-corrected chi connectivity index (χ4v) is 2.68. The first kappa shape index (κ1) is 18.0. The van der Waals surface area contributed by atoms with Crippen molar-refractivity contribution in [3.63, 3.8) is 0 Å². The summed E-state index contributed by atoms with van der Waals surface area (Å²) in [5.41, 5.74) is 1.69. The van der Waals surface area contributed by atoms with E-state index in [1.165, 1.54) is 12.0 Å². The van der Waals surface area contributed by atoms with Gasteiger partial charge in [-0.1, -0.05) is 46.8 Å². The SMILES string of the molecule is CCOC(C)Oc1cccc(C(CC(C)(C)C)C(C)C)c1. The molecular weight excluding hydrogens is 260 g/mol. The Balaban J connectivity index is 2.89. The lowest BCUT2D eigenvalue weighted by molar-refractivity contribution is -0.0613. The van der Waals surface area contributed by atoms with E-state index in [2.05, 4.69) is 52.8 Å². The van der Waals surface area contributed by atoms with Gasteiger partial charge in [-0.15, -0.1) is 0 Å². The summed E-state index contributed by atoms with van der Waals surface area (Å²) in [5, 5.41) is 0. The van der Waals surface area contributed by atoms with Crippen molar-refractivity contribution in [3.05, 3.63) is 29.8 Å². The van der Waals surface area contributed by atoms with E-state index in [4.69, 9.17) is 9.47 Å². The van der Waals surface area contributed by atoms with Crippen molar-refractivity contribution >= 4 is 0 Å². The summed E-state index contributed by atoms with van der Waals surface area (Å²) in [4.78, 5) is 0. The normalized spacial score (nSPS) is 15.0. The summed E-state index contributed by atoms with van der Waals surface area (Å²) in [6.45, 7) is 16.1. The van der Waals surface area contributed by atoms with E-state index in [1.54, 1.807) is 0 Å². The Morgan fingerprint density at radius 3 is 2.29 bits per heavy atom. The van der Waals surface area contributed by atoms with Crippen molar-refractivity contribution in [1.29, 1.82) is 0 Å². The lowest BCUT2D eigenvalue weighted by Crippen LogP contribution is -2.18. The molecule has 0 heterocycles. The lowest BCUT2D eigenvalue weighted by Gasteiger charge is -2.29. The molecule has 2 heteroatoms. The highest BCUT2D eigenvalue weighted by Crippen LogP contribution is 2.37. The molecule has 1 rings (SSSR count). The molecule has 0 bridgehead atoms. The second-order valence-electron chi connectivity index (χ2n) is 7.33. The highest BCUT2D eigenvalue weighted by molar-refractivity contribution is 5.31. The molecule has 0 aliphatic carbocycles. The van der Waals surface area contributed by atoms with Crippen LogP contribution >= 0.6 is 0 Å². The number of benzene rings is 1. The fourth-order valence-electron chi connectivity index (χ4n) is 2.68. The van der Waals surface area contributed by atoms with E-state index in [9.17, 15) is 0 Å². The van der Waals surface area contributed by atoms with Gasteiger partial charge >= 0.3 is 0 Å². The second kappa shape index (κ2) is 7.84. The van der Waals surface area contributed by atoms with E-state index in [0.717, 1.165) is 5.75 Å². The molecular formula is C19H32O2. The van der Waals surface area contributed by atoms with Gasteiger partial charge in [0.25, 0.3) is 0 Å². The first-order valence-corrected chi connectivity index (χ1v) is 8.11. The van der Waals surface area contributed by atoms with Crippen molar-refractivity contribution in [2.24, 2.45) is 11.3 Å². The van der Waals surface area contributed by atoms with Gasteiger partial charge in [0.2, 0.25) is 0 Å². The van der Waals surface area contributed by atoms with Crippen LogP contribution in [-0.4, -0.2) is 12.9 Å². The third-order valence-corrected chi connectivity index (χ3v) is 3.63. The zero-order valence-electron chi connectivity index (χ0n) is 14.8. The quantitative estimate of drug-likeness (QED) is 0.607. The highest BCUT2D eigenvalue weighted by atomic mass is 16.7. The number of hydrogen-bond acceptors (Lipinski definition) is 2. The molecule has 1 aromatic rings. The van der Waals surface area contributed by atoms with Gasteiger partial charge in [0, 0.05) is 6.61 Å². The Labute approximate surface area is 130 Å². The van der Waals surface area contributed by atoms with E-state index in [-0.39, 0.29) is 6.29 Å². The van der Waals surface area contributed by atoms with Crippen LogP contribution in [0.2, 0.25) is 0 Å². The highest BCUT2D eigenvalue weighted by Gasteiger charge is 2.23. The van der Waals surface area contributed by atoms with Gasteiger partial charge in [-0.2, -0.15) is 0 Å². The molecule has 21 heavy (non-hydrogen) atoms. The van der Waals surface area contributed by atoms with E-state index >= 15 is 0 Å². The Morgan fingerprint density at radius 2 is 1.76 bits per heavy atom. The van der Waals surface area contributed by atoms with Gasteiger partial charge in [-0.25, -0.2) is 0 Å². The van der Waals surface area contributed by atoms with Crippen LogP contribution in [0.3, 0.4) is 0 Å². The van der Waals surface area contributed by atoms with Crippen molar-refractivity contribution in [2.45, 2.75) is 67.1 Å². The molecule has 0 spiro atoms.